The number of halogens is 2. The number of hydrogen-bond acceptors (Lipinski definition) is 5. The van der Waals surface area contributed by atoms with Crippen molar-refractivity contribution in [2.45, 2.75) is 10.9 Å². The lowest BCUT2D eigenvalue weighted by Crippen LogP contribution is -2.54. The molecule has 0 spiro atoms. The third kappa shape index (κ3) is 2.96. The Labute approximate surface area is 129 Å². The number of hydrogen-bond donors (Lipinski definition) is 1. The largest absolute Gasteiger partial charge is 0.378 e. The number of nitrogens with zero attached hydrogens (tertiary/aromatic N) is 2. The summed E-state index contributed by atoms with van der Waals surface area (Å²) in [4.78, 5) is 15.0. The molecule has 0 radical (unpaired) electrons. The smallest absolute Gasteiger partial charge is 0.247 e. The van der Waals surface area contributed by atoms with Crippen LogP contribution in [0.1, 0.15) is 0 Å². The molecule has 0 saturated carbocycles. The Bertz CT molecular complexity index is 639. The highest BCUT2D eigenvalue weighted by molar-refractivity contribution is 9.10. The van der Waals surface area contributed by atoms with E-state index in [0.717, 1.165) is 4.31 Å². The van der Waals surface area contributed by atoms with Gasteiger partial charge in [0.1, 0.15) is 16.1 Å². The number of primary amides is 1. The van der Waals surface area contributed by atoms with Gasteiger partial charge in [-0.2, -0.15) is 4.31 Å². The molecular weight excluding hydrogens is 374 g/mol. The van der Waals surface area contributed by atoms with Crippen molar-refractivity contribution in [1.82, 2.24) is 9.29 Å². The van der Waals surface area contributed by atoms with Gasteiger partial charge in [0.05, 0.1) is 13.2 Å². The van der Waals surface area contributed by atoms with E-state index in [1.54, 1.807) is 0 Å². The Kier molecular flexibility index (Phi) is 4.65. The highest BCUT2D eigenvalue weighted by atomic mass is 79.9. The molecule has 1 fully saturated rings. The minimum absolute atomic E-state index is 0.0266. The van der Waals surface area contributed by atoms with Gasteiger partial charge < -0.3 is 10.5 Å². The zero-order valence-electron chi connectivity index (χ0n) is 10.1. The molecule has 1 aliphatic rings. The SMILES string of the molecule is NC(=O)C1COCCN1S(=O)(=O)c1cc(Br)cnc1Cl. The molecule has 1 amide bonds. The summed E-state index contributed by atoms with van der Waals surface area (Å²) in [5.74, 6) is -0.771. The first-order valence-electron chi connectivity index (χ1n) is 5.54. The molecule has 2 N–H and O–H groups in total. The lowest BCUT2D eigenvalue weighted by Gasteiger charge is -2.32. The molecule has 10 heteroatoms. The van der Waals surface area contributed by atoms with Gasteiger partial charge in [-0.3, -0.25) is 4.79 Å². The summed E-state index contributed by atoms with van der Waals surface area (Å²) < 4.78 is 31.7. The van der Waals surface area contributed by atoms with Crippen LogP contribution >= 0.6 is 27.5 Å². The molecule has 0 aliphatic carbocycles. The van der Waals surface area contributed by atoms with Crippen LogP contribution in [-0.2, 0) is 19.6 Å². The molecule has 1 atom stereocenters. The maximum absolute atomic E-state index is 12.6. The predicted molar refractivity (Wildman–Crippen MR) is 74.6 cm³/mol. The quantitative estimate of drug-likeness (QED) is 0.759. The number of amides is 1. The maximum atomic E-state index is 12.6. The summed E-state index contributed by atoms with van der Waals surface area (Å²) in [6, 6.07) is 0.279. The van der Waals surface area contributed by atoms with Gasteiger partial charge in [-0.05, 0) is 22.0 Å². The van der Waals surface area contributed by atoms with Crippen LogP contribution in [0.3, 0.4) is 0 Å². The lowest BCUT2D eigenvalue weighted by molar-refractivity contribution is -0.125. The summed E-state index contributed by atoms with van der Waals surface area (Å²) in [5.41, 5.74) is 5.22. The average Bonchev–Trinajstić information content (AvgIpc) is 2.41. The maximum Gasteiger partial charge on any atom is 0.247 e. The number of pyridine rings is 1. The van der Waals surface area contributed by atoms with E-state index in [-0.39, 0.29) is 29.8 Å². The first kappa shape index (κ1) is 15.6. The number of aromatic nitrogens is 1. The molecule has 20 heavy (non-hydrogen) atoms. The summed E-state index contributed by atoms with van der Waals surface area (Å²) in [5, 5.41) is -0.164. The molecule has 1 aromatic heterocycles. The predicted octanol–water partition coefficient (Wildman–Crippen LogP) is 0.372. The second kappa shape index (κ2) is 5.94. The Morgan fingerprint density at radius 1 is 1.60 bits per heavy atom. The zero-order chi connectivity index (χ0) is 14.9. The van der Waals surface area contributed by atoms with Crippen LogP contribution in [0.4, 0.5) is 0 Å². The third-order valence-corrected chi connectivity index (χ3v) is 5.54. The van der Waals surface area contributed by atoms with Crippen LogP contribution in [0.15, 0.2) is 21.6 Å². The van der Waals surface area contributed by atoms with E-state index in [0.29, 0.717) is 4.47 Å². The van der Waals surface area contributed by atoms with Gasteiger partial charge in [-0.25, -0.2) is 13.4 Å². The van der Waals surface area contributed by atoms with E-state index < -0.39 is 22.0 Å². The summed E-state index contributed by atoms with van der Waals surface area (Å²) in [7, 11) is -3.98. The molecule has 0 bridgehead atoms. The minimum Gasteiger partial charge on any atom is -0.378 e. The van der Waals surface area contributed by atoms with E-state index in [1.807, 2.05) is 0 Å². The van der Waals surface area contributed by atoms with Crippen LogP contribution in [0, 0.1) is 0 Å². The topological polar surface area (TPSA) is 103 Å². The summed E-state index contributed by atoms with van der Waals surface area (Å²) in [6.45, 7) is 0.133. The highest BCUT2D eigenvalue weighted by Crippen LogP contribution is 2.27. The second-order valence-electron chi connectivity index (χ2n) is 4.05. The molecule has 0 aromatic carbocycles. The molecular formula is C10H11BrClN3O4S. The number of rotatable bonds is 3. The van der Waals surface area contributed by atoms with Crippen LogP contribution < -0.4 is 5.73 Å². The van der Waals surface area contributed by atoms with Crippen molar-refractivity contribution in [3.8, 4) is 0 Å². The summed E-state index contributed by atoms with van der Waals surface area (Å²) in [6.07, 6.45) is 1.38. The molecule has 1 saturated heterocycles. The number of ether oxygens (including phenoxy) is 1. The average molecular weight is 385 g/mol. The van der Waals surface area contributed by atoms with Crippen molar-refractivity contribution < 1.29 is 17.9 Å². The standard InChI is InChI=1S/C10H11BrClN3O4S/c11-6-3-8(9(12)14-4-6)20(17,18)15-1-2-19-5-7(15)10(13)16/h3-4,7H,1-2,5H2,(H2,13,16). The number of sulfonamides is 1. The normalized spacial score (nSPS) is 20.8. The monoisotopic (exact) mass is 383 g/mol. The highest BCUT2D eigenvalue weighted by Gasteiger charge is 2.38. The van der Waals surface area contributed by atoms with E-state index in [9.17, 15) is 13.2 Å². The number of carbonyl (C=O) groups excluding carboxylic acids is 1. The van der Waals surface area contributed by atoms with Crippen LogP contribution in [0.5, 0.6) is 0 Å². The van der Waals surface area contributed by atoms with Crippen molar-refractivity contribution in [2.75, 3.05) is 19.8 Å². The van der Waals surface area contributed by atoms with E-state index in [4.69, 9.17) is 22.1 Å². The van der Waals surface area contributed by atoms with Crippen molar-refractivity contribution in [3.05, 3.63) is 21.9 Å². The van der Waals surface area contributed by atoms with Crippen LogP contribution in [-0.4, -0.2) is 49.4 Å². The Balaban J connectivity index is 2.47. The van der Waals surface area contributed by atoms with Crippen molar-refractivity contribution in [2.24, 2.45) is 5.73 Å². The van der Waals surface area contributed by atoms with Gasteiger partial charge in [0, 0.05) is 17.2 Å². The number of morpholine rings is 1. The van der Waals surface area contributed by atoms with E-state index >= 15 is 0 Å². The van der Waals surface area contributed by atoms with Crippen LogP contribution in [0.2, 0.25) is 5.15 Å². The van der Waals surface area contributed by atoms with E-state index in [1.165, 1.54) is 12.3 Å². The van der Waals surface area contributed by atoms with Gasteiger partial charge in [0.25, 0.3) is 0 Å². The summed E-state index contributed by atoms with van der Waals surface area (Å²) >= 11 is 8.98. The Morgan fingerprint density at radius 2 is 2.30 bits per heavy atom. The van der Waals surface area contributed by atoms with Gasteiger partial charge in [-0.1, -0.05) is 11.6 Å². The number of carbonyl (C=O) groups is 1. The molecule has 7 nitrogen and oxygen atoms in total. The molecule has 1 aliphatic heterocycles. The fourth-order valence-corrected chi connectivity index (χ4v) is 4.30. The minimum atomic E-state index is -3.98. The number of nitrogens with two attached hydrogens (primary N) is 1. The Morgan fingerprint density at radius 3 is 2.95 bits per heavy atom. The molecule has 1 aromatic rings. The second-order valence-corrected chi connectivity index (χ2v) is 7.18. The molecule has 1 unspecified atom stereocenters. The lowest BCUT2D eigenvalue weighted by atomic mass is 10.3. The Hall–Kier alpha value is -0.740. The van der Waals surface area contributed by atoms with Gasteiger partial charge >= 0.3 is 0 Å². The zero-order valence-corrected chi connectivity index (χ0v) is 13.3. The van der Waals surface area contributed by atoms with Gasteiger partial charge in [-0.15, -0.1) is 0 Å². The van der Waals surface area contributed by atoms with E-state index in [2.05, 4.69) is 20.9 Å². The first-order chi connectivity index (χ1) is 9.34. The first-order valence-corrected chi connectivity index (χ1v) is 8.15. The fraction of sp³-hybridized carbons (Fsp3) is 0.400. The van der Waals surface area contributed by atoms with Crippen molar-refractivity contribution in [3.63, 3.8) is 0 Å². The third-order valence-electron chi connectivity index (χ3n) is 2.77. The molecule has 110 valence electrons. The van der Waals surface area contributed by atoms with Gasteiger partial charge in [0.15, 0.2) is 0 Å². The van der Waals surface area contributed by atoms with Gasteiger partial charge in [0.2, 0.25) is 15.9 Å². The van der Waals surface area contributed by atoms with Crippen molar-refractivity contribution >= 4 is 43.5 Å². The molecule has 2 heterocycles. The molecule has 2 rings (SSSR count). The fourth-order valence-electron chi connectivity index (χ4n) is 1.81. The van der Waals surface area contributed by atoms with Crippen molar-refractivity contribution in [1.29, 1.82) is 0 Å². The van der Waals surface area contributed by atoms with Crippen LogP contribution in [0.25, 0.3) is 0 Å².